The first-order chi connectivity index (χ1) is 8.38. The van der Waals surface area contributed by atoms with Gasteiger partial charge in [-0.1, -0.05) is 0 Å². The summed E-state index contributed by atoms with van der Waals surface area (Å²) in [5, 5.41) is 0. The van der Waals surface area contributed by atoms with Crippen LogP contribution in [0.5, 0.6) is 0 Å². The van der Waals surface area contributed by atoms with Crippen molar-refractivity contribution in [3.63, 3.8) is 0 Å². The third-order valence-electron chi connectivity index (χ3n) is 1.95. The van der Waals surface area contributed by atoms with E-state index in [2.05, 4.69) is 0 Å². The van der Waals surface area contributed by atoms with E-state index < -0.39 is 31.3 Å². The summed E-state index contributed by atoms with van der Waals surface area (Å²) in [6.45, 7) is 6.47. The van der Waals surface area contributed by atoms with Gasteiger partial charge in [0.2, 0.25) is 12.6 Å². The zero-order chi connectivity index (χ0) is 14.1. The quantitative estimate of drug-likeness (QED) is 0.490. The summed E-state index contributed by atoms with van der Waals surface area (Å²) in [6, 6.07) is 0. The molecule has 4 unspecified atom stereocenters. The van der Waals surface area contributed by atoms with Crippen molar-refractivity contribution in [2.24, 2.45) is 0 Å². The van der Waals surface area contributed by atoms with Gasteiger partial charge in [0.1, 0.15) is 0 Å². The van der Waals surface area contributed by atoms with Crippen molar-refractivity contribution < 1.29 is 33.2 Å². The standard InChI is InChI=1S/C11H22O7/c1-7(13-5)15-9(3)17-11(12)18-10(4)16-8(2)14-6/h7-10H,1-6H3. The molecule has 0 bridgehead atoms. The van der Waals surface area contributed by atoms with Crippen molar-refractivity contribution in [1.29, 1.82) is 0 Å². The molecule has 0 N–H and O–H groups in total. The van der Waals surface area contributed by atoms with Crippen LogP contribution in [0.15, 0.2) is 0 Å². The molecule has 0 aromatic heterocycles. The maximum Gasteiger partial charge on any atom is 0.512 e. The van der Waals surface area contributed by atoms with Crippen LogP contribution < -0.4 is 0 Å². The number of carbonyl (C=O) groups is 1. The lowest BCUT2D eigenvalue weighted by atomic mass is 10.7. The molecule has 0 aliphatic heterocycles. The smallest absolute Gasteiger partial charge is 0.405 e. The summed E-state index contributed by atoms with van der Waals surface area (Å²) in [7, 11) is 2.97. The van der Waals surface area contributed by atoms with E-state index >= 15 is 0 Å². The zero-order valence-corrected chi connectivity index (χ0v) is 11.7. The third kappa shape index (κ3) is 8.24. The summed E-state index contributed by atoms with van der Waals surface area (Å²) in [6.07, 6.45) is -3.40. The number of rotatable bonds is 8. The van der Waals surface area contributed by atoms with Gasteiger partial charge in [-0.05, 0) is 27.7 Å². The number of methoxy groups -OCH3 is 2. The lowest BCUT2D eigenvalue weighted by Crippen LogP contribution is -2.28. The second-order valence-corrected chi connectivity index (χ2v) is 3.50. The Bertz CT molecular complexity index is 211. The minimum atomic E-state index is -0.887. The fraction of sp³-hybridized carbons (Fsp3) is 0.909. The minimum Gasteiger partial charge on any atom is -0.405 e. The third-order valence-corrected chi connectivity index (χ3v) is 1.95. The topological polar surface area (TPSA) is 72.5 Å². The van der Waals surface area contributed by atoms with E-state index in [9.17, 15) is 4.79 Å². The van der Waals surface area contributed by atoms with Crippen molar-refractivity contribution in [3.05, 3.63) is 0 Å². The highest BCUT2D eigenvalue weighted by Gasteiger charge is 2.18. The molecule has 0 radical (unpaired) electrons. The van der Waals surface area contributed by atoms with Crippen molar-refractivity contribution >= 4 is 6.16 Å². The van der Waals surface area contributed by atoms with E-state index in [0.29, 0.717) is 0 Å². The molecule has 0 amide bonds. The summed E-state index contributed by atoms with van der Waals surface area (Å²) in [4.78, 5) is 11.3. The summed E-state index contributed by atoms with van der Waals surface area (Å²) < 4.78 is 29.6. The monoisotopic (exact) mass is 266 g/mol. The first-order valence-electron chi connectivity index (χ1n) is 5.62. The van der Waals surface area contributed by atoms with Crippen molar-refractivity contribution in [1.82, 2.24) is 0 Å². The second kappa shape index (κ2) is 9.09. The lowest BCUT2D eigenvalue weighted by molar-refractivity contribution is -0.233. The second-order valence-electron chi connectivity index (χ2n) is 3.50. The molecule has 7 heteroatoms. The molecule has 0 fully saturated rings. The average Bonchev–Trinajstić information content (AvgIpc) is 2.27. The van der Waals surface area contributed by atoms with Gasteiger partial charge in [0.25, 0.3) is 0 Å². The maximum absolute atomic E-state index is 11.3. The van der Waals surface area contributed by atoms with Crippen LogP contribution in [0.25, 0.3) is 0 Å². The Labute approximate surface area is 107 Å². The summed E-state index contributed by atoms with van der Waals surface area (Å²) in [5.74, 6) is 0. The van der Waals surface area contributed by atoms with Gasteiger partial charge in [-0.3, -0.25) is 0 Å². The number of hydrogen-bond acceptors (Lipinski definition) is 7. The van der Waals surface area contributed by atoms with Gasteiger partial charge in [0.05, 0.1) is 0 Å². The summed E-state index contributed by atoms with van der Waals surface area (Å²) in [5.41, 5.74) is 0. The van der Waals surface area contributed by atoms with Crippen LogP contribution in [0, 0.1) is 0 Å². The molecule has 0 aromatic carbocycles. The fourth-order valence-corrected chi connectivity index (χ4v) is 1.01. The summed E-state index contributed by atoms with van der Waals surface area (Å²) >= 11 is 0. The largest absolute Gasteiger partial charge is 0.512 e. The highest BCUT2D eigenvalue weighted by molar-refractivity contribution is 5.60. The molecule has 0 heterocycles. The Balaban J connectivity index is 3.88. The molecular formula is C11H22O7. The van der Waals surface area contributed by atoms with Crippen LogP contribution in [0.4, 0.5) is 4.79 Å². The fourth-order valence-electron chi connectivity index (χ4n) is 1.01. The van der Waals surface area contributed by atoms with Crippen LogP contribution in [0.3, 0.4) is 0 Å². The van der Waals surface area contributed by atoms with Crippen molar-refractivity contribution in [3.8, 4) is 0 Å². The molecule has 108 valence electrons. The molecule has 18 heavy (non-hydrogen) atoms. The van der Waals surface area contributed by atoms with Gasteiger partial charge in [0.15, 0.2) is 12.6 Å². The predicted molar refractivity (Wildman–Crippen MR) is 61.6 cm³/mol. The van der Waals surface area contributed by atoms with Gasteiger partial charge in [-0.15, -0.1) is 0 Å². The van der Waals surface area contributed by atoms with Crippen molar-refractivity contribution in [2.45, 2.75) is 52.9 Å². The molecule has 0 saturated carbocycles. The Morgan fingerprint density at radius 1 is 0.722 bits per heavy atom. The normalized spacial score (nSPS) is 17.7. The Morgan fingerprint density at radius 2 is 1.06 bits per heavy atom. The molecule has 0 aromatic rings. The lowest BCUT2D eigenvalue weighted by Gasteiger charge is -2.20. The predicted octanol–water partition coefficient (Wildman–Crippen LogP) is 1.85. The maximum atomic E-state index is 11.3. The van der Waals surface area contributed by atoms with Crippen LogP contribution in [-0.2, 0) is 28.4 Å². The first kappa shape index (κ1) is 17.1. The van der Waals surface area contributed by atoms with E-state index in [-0.39, 0.29) is 0 Å². The van der Waals surface area contributed by atoms with E-state index in [1.165, 1.54) is 14.2 Å². The van der Waals surface area contributed by atoms with Gasteiger partial charge >= 0.3 is 6.16 Å². The van der Waals surface area contributed by atoms with Crippen LogP contribution >= 0.6 is 0 Å². The molecule has 4 atom stereocenters. The van der Waals surface area contributed by atoms with E-state index in [0.717, 1.165) is 0 Å². The molecule has 0 spiro atoms. The van der Waals surface area contributed by atoms with Gasteiger partial charge < -0.3 is 28.4 Å². The molecule has 0 saturated heterocycles. The van der Waals surface area contributed by atoms with Gasteiger partial charge in [-0.25, -0.2) is 4.79 Å². The van der Waals surface area contributed by atoms with Gasteiger partial charge in [-0.2, -0.15) is 0 Å². The van der Waals surface area contributed by atoms with E-state index in [1.807, 2.05) is 0 Å². The van der Waals surface area contributed by atoms with Crippen LogP contribution in [-0.4, -0.2) is 45.5 Å². The zero-order valence-electron chi connectivity index (χ0n) is 11.7. The van der Waals surface area contributed by atoms with Crippen LogP contribution in [0.1, 0.15) is 27.7 Å². The number of hydrogen-bond donors (Lipinski definition) is 0. The molecule has 7 nitrogen and oxygen atoms in total. The van der Waals surface area contributed by atoms with Crippen molar-refractivity contribution in [2.75, 3.05) is 14.2 Å². The molecular weight excluding hydrogens is 244 g/mol. The number of carbonyl (C=O) groups excluding carboxylic acids is 1. The Morgan fingerprint density at radius 3 is 1.33 bits per heavy atom. The van der Waals surface area contributed by atoms with Crippen LogP contribution in [0.2, 0.25) is 0 Å². The molecule has 0 aliphatic rings. The Hall–Kier alpha value is -0.890. The first-order valence-corrected chi connectivity index (χ1v) is 5.62. The highest BCUT2D eigenvalue weighted by atomic mass is 16.9. The van der Waals surface area contributed by atoms with E-state index in [1.54, 1.807) is 27.7 Å². The Kier molecular flexibility index (Phi) is 8.65. The highest BCUT2D eigenvalue weighted by Crippen LogP contribution is 2.05. The van der Waals surface area contributed by atoms with E-state index in [4.69, 9.17) is 28.4 Å². The molecule has 0 aliphatic carbocycles. The minimum absolute atomic E-state index is 0.477. The SMILES string of the molecule is COC(C)OC(C)OC(=O)OC(C)OC(C)OC. The number of ether oxygens (including phenoxy) is 6. The van der Waals surface area contributed by atoms with Gasteiger partial charge in [0, 0.05) is 14.2 Å². The average molecular weight is 266 g/mol. The molecule has 0 rings (SSSR count).